The molecule has 4 rings (SSSR count). The van der Waals surface area contributed by atoms with Gasteiger partial charge in [0.2, 0.25) is 16.0 Å². The molecular formula is C18H23N5O4S. The predicted molar refractivity (Wildman–Crippen MR) is 102 cm³/mol. The third-order valence-corrected chi connectivity index (χ3v) is 7.40. The number of hydrogen-bond donors (Lipinski definition) is 0. The van der Waals surface area contributed by atoms with Crippen LogP contribution in [0.3, 0.4) is 0 Å². The van der Waals surface area contributed by atoms with Crippen LogP contribution in [0.5, 0.6) is 0 Å². The number of anilines is 1. The average molecular weight is 405 g/mol. The highest BCUT2D eigenvalue weighted by atomic mass is 32.2. The summed E-state index contributed by atoms with van der Waals surface area (Å²) in [6, 6.07) is 3.34. The lowest BCUT2D eigenvalue weighted by molar-refractivity contribution is 0.0611. The summed E-state index contributed by atoms with van der Waals surface area (Å²) in [5.41, 5.74) is 0.123. The molecule has 1 saturated heterocycles. The van der Waals surface area contributed by atoms with Gasteiger partial charge in [-0.15, -0.1) is 0 Å². The van der Waals surface area contributed by atoms with Crippen LogP contribution in [-0.2, 0) is 15.4 Å². The van der Waals surface area contributed by atoms with E-state index in [0.717, 1.165) is 0 Å². The topological polar surface area (TPSA) is 99.8 Å². The highest BCUT2D eigenvalue weighted by molar-refractivity contribution is 7.89. The van der Waals surface area contributed by atoms with E-state index in [0.29, 0.717) is 49.9 Å². The number of amides is 1. The van der Waals surface area contributed by atoms with Crippen LogP contribution in [0.2, 0.25) is 0 Å². The van der Waals surface area contributed by atoms with Crippen molar-refractivity contribution in [3.63, 3.8) is 0 Å². The van der Waals surface area contributed by atoms with E-state index < -0.39 is 15.4 Å². The first-order chi connectivity index (χ1) is 13.2. The van der Waals surface area contributed by atoms with Crippen LogP contribution in [-0.4, -0.2) is 74.3 Å². The molecule has 0 aliphatic carbocycles. The second kappa shape index (κ2) is 6.56. The number of likely N-dealkylation sites (tertiary alicyclic amines) is 1. The van der Waals surface area contributed by atoms with Crippen LogP contribution in [0, 0.1) is 0 Å². The molecule has 0 bridgehead atoms. The minimum atomic E-state index is -3.61. The van der Waals surface area contributed by atoms with E-state index in [-0.39, 0.29) is 10.8 Å². The average Bonchev–Trinajstić information content (AvgIpc) is 3.21. The fourth-order valence-electron chi connectivity index (χ4n) is 3.99. The molecule has 2 aliphatic rings. The Bertz CT molecular complexity index is 995. The third kappa shape index (κ3) is 2.87. The summed E-state index contributed by atoms with van der Waals surface area (Å²) in [5, 5.41) is 0. The van der Waals surface area contributed by atoms with Gasteiger partial charge in [-0.05, 0) is 25.0 Å². The van der Waals surface area contributed by atoms with Crippen LogP contribution >= 0.6 is 0 Å². The van der Waals surface area contributed by atoms with Crippen LogP contribution in [0.25, 0.3) is 0 Å². The Morgan fingerprint density at radius 1 is 1.29 bits per heavy atom. The summed E-state index contributed by atoms with van der Waals surface area (Å²) in [5.74, 6) is 0.650. The second-order valence-corrected chi connectivity index (χ2v) is 9.60. The Kier molecular flexibility index (Phi) is 4.42. The zero-order valence-electron chi connectivity index (χ0n) is 16.1. The smallest absolute Gasteiger partial charge is 0.289 e. The van der Waals surface area contributed by atoms with Crippen molar-refractivity contribution in [3.05, 3.63) is 36.0 Å². The Morgan fingerprint density at radius 3 is 2.61 bits per heavy atom. The van der Waals surface area contributed by atoms with Crippen molar-refractivity contribution >= 4 is 21.9 Å². The first-order valence-electron chi connectivity index (χ1n) is 9.09. The molecule has 1 spiro atoms. The number of fused-ring (bicyclic) bond motifs is 2. The van der Waals surface area contributed by atoms with Gasteiger partial charge >= 0.3 is 0 Å². The van der Waals surface area contributed by atoms with Gasteiger partial charge in [0.15, 0.2) is 5.76 Å². The molecule has 0 radical (unpaired) electrons. The fraction of sp³-hybridized carbons (Fsp3) is 0.500. The maximum atomic E-state index is 12.8. The lowest BCUT2D eigenvalue weighted by Gasteiger charge is -2.46. The molecule has 10 heteroatoms. The van der Waals surface area contributed by atoms with E-state index in [1.165, 1.54) is 16.8 Å². The zero-order chi connectivity index (χ0) is 20.1. The Labute approximate surface area is 164 Å². The van der Waals surface area contributed by atoms with Gasteiger partial charge in [-0.3, -0.25) is 4.79 Å². The summed E-state index contributed by atoms with van der Waals surface area (Å²) in [4.78, 5) is 25.1. The molecule has 1 fully saturated rings. The molecule has 0 unspecified atom stereocenters. The number of likely N-dealkylation sites (N-methyl/N-ethyl adjacent to an activating group) is 1. The molecule has 28 heavy (non-hydrogen) atoms. The van der Waals surface area contributed by atoms with Crippen LogP contribution in [0.1, 0.15) is 29.1 Å². The molecule has 0 saturated carbocycles. The number of sulfonamides is 1. The summed E-state index contributed by atoms with van der Waals surface area (Å²) in [7, 11) is 1.62. The molecule has 0 atom stereocenters. The maximum absolute atomic E-state index is 12.8. The number of piperidine rings is 1. The number of rotatable bonds is 2. The van der Waals surface area contributed by atoms with Crippen LogP contribution < -0.4 is 4.90 Å². The van der Waals surface area contributed by atoms with Gasteiger partial charge in [0.25, 0.3) is 5.91 Å². The predicted octanol–water partition coefficient (Wildman–Crippen LogP) is 0.944. The molecule has 0 aromatic carbocycles. The number of nitrogens with zero attached hydrogens (tertiary/aromatic N) is 5. The van der Waals surface area contributed by atoms with Crippen LogP contribution in [0.4, 0.5) is 5.95 Å². The third-order valence-electron chi connectivity index (χ3n) is 5.60. The molecule has 2 aromatic rings. The maximum Gasteiger partial charge on any atom is 0.289 e. The fourth-order valence-corrected chi connectivity index (χ4v) is 5.43. The summed E-state index contributed by atoms with van der Waals surface area (Å²) < 4.78 is 32.2. The first-order valence-corrected chi connectivity index (χ1v) is 10.5. The first kappa shape index (κ1) is 18.9. The van der Waals surface area contributed by atoms with Gasteiger partial charge in [0.1, 0.15) is 4.90 Å². The van der Waals surface area contributed by atoms with Gasteiger partial charge in [0.05, 0.1) is 18.2 Å². The zero-order valence-corrected chi connectivity index (χ0v) is 16.9. The largest absolute Gasteiger partial charge is 0.459 e. The lowest BCUT2D eigenvalue weighted by atomic mass is 9.75. The Balaban J connectivity index is 1.69. The lowest BCUT2D eigenvalue weighted by Crippen LogP contribution is -2.54. The van der Waals surface area contributed by atoms with Crippen molar-refractivity contribution in [2.45, 2.75) is 23.2 Å². The van der Waals surface area contributed by atoms with Gasteiger partial charge in [-0.25, -0.2) is 18.4 Å². The highest BCUT2D eigenvalue weighted by Crippen LogP contribution is 2.43. The number of carbonyl (C=O) groups is 1. The monoisotopic (exact) mass is 405 g/mol. The molecule has 2 aromatic heterocycles. The quantitative estimate of drug-likeness (QED) is 0.733. The van der Waals surface area contributed by atoms with Crippen molar-refractivity contribution in [2.75, 3.05) is 45.7 Å². The van der Waals surface area contributed by atoms with E-state index >= 15 is 0 Å². The number of carbonyl (C=O) groups excluding carboxylic acids is 1. The number of furan rings is 1. The van der Waals surface area contributed by atoms with E-state index in [1.54, 1.807) is 29.0 Å². The minimum absolute atomic E-state index is 0.145. The van der Waals surface area contributed by atoms with E-state index in [1.807, 2.05) is 14.1 Å². The Morgan fingerprint density at radius 2 is 2.00 bits per heavy atom. The highest BCUT2D eigenvalue weighted by Gasteiger charge is 2.49. The van der Waals surface area contributed by atoms with E-state index in [4.69, 9.17) is 4.42 Å². The molecule has 4 heterocycles. The van der Waals surface area contributed by atoms with Gasteiger partial charge in [-0.1, -0.05) is 0 Å². The van der Waals surface area contributed by atoms with Crippen molar-refractivity contribution in [2.24, 2.45) is 0 Å². The van der Waals surface area contributed by atoms with Gasteiger partial charge < -0.3 is 14.2 Å². The second-order valence-electron chi connectivity index (χ2n) is 7.59. The molecule has 2 aliphatic heterocycles. The van der Waals surface area contributed by atoms with Gasteiger partial charge in [-0.2, -0.15) is 4.31 Å². The molecule has 150 valence electrons. The standard InChI is InChI=1S/C18H23N5O4S/c1-21(2)17-19-11-14-15(20-17)18(12-22(3)28(14,25)26)6-8-23(9-7-18)16(24)13-5-4-10-27-13/h4-5,10-11H,6-9,12H2,1-3H3. The molecule has 1 amide bonds. The number of aromatic nitrogens is 2. The van der Waals surface area contributed by atoms with Crippen molar-refractivity contribution < 1.29 is 17.6 Å². The molecular weight excluding hydrogens is 382 g/mol. The molecule has 0 N–H and O–H groups in total. The molecule has 9 nitrogen and oxygen atoms in total. The van der Waals surface area contributed by atoms with Gasteiger partial charge in [0, 0.05) is 46.2 Å². The Hall–Kier alpha value is -2.46. The van der Waals surface area contributed by atoms with Crippen molar-refractivity contribution in [3.8, 4) is 0 Å². The summed E-state index contributed by atoms with van der Waals surface area (Å²) in [6.07, 6.45) is 4.13. The number of hydrogen-bond acceptors (Lipinski definition) is 7. The van der Waals surface area contributed by atoms with E-state index in [9.17, 15) is 13.2 Å². The SMILES string of the molecule is CN(C)c1ncc2c(n1)C1(CCN(C(=O)c3ccco3)CC1)CN(C)S2(=O)=O. The van der Waals surface area contributed by atoms with Crippen molar-refractivity contribution in [1.29, 1.82) is 0 Å². The van der Waals surface area contributed by atoms with E-state index in [2.05, 4.69) is 9.97 Å². The van der Waals surface area contributed by atoms with Crippen LogP contribution in [0.15, 0.2) is 33.9 Å². The minimum Gasteiger partial charge on any atom is -0.459 e. The summed E-state index contributed by atoms with van der Waals surface area (Å²) >= 11 is 0. The normalized spacial score (nSPS) is 20.8. The van der Waals surface area contributed by atoms with Crippen molar-refractivity contribution in [1.82, 2.24) is 19.2 Å². The summed E-state index contributed by atoms with van der Waals surface area (Å²) in [6.45, 7) is 1.36.